The molecule has 1 saturated heterocycles. The third-order valence-electron chi connectivity index (χ3n) is 5.42. The predicted octanol–water partition coefficient (Wildman–Crippen LogP) is 1.30. The number of carbonyl (C=O) groups is 1. The molecule has 2 aromatic rings. The van der Waals surface area contributed by atoms with Gasteiger partial charge in [0.15, 0.2) is 0 Å². The van der Waals surface area contributed by atoms with Gasteiger partial charge in [-0.1, -0.05) is 0 Å². The molecule has 132 valence electrons. The highest BCUT2D eigenvalue weighted by Crippen LogP contribution is 2.48. The fourth-order valence-corrected chi connectivity index (χ4v) is 4.15. The van der Waals surface area contributed by atoms with Crippen LogP contribution in [0.25, 0.3) is 0 Å². The fraction of sp³-hybridized carbons (Fsp3) is 0.556. The van der Waals surface area contributed by atoms with E-state index in [1.807, 2.05) is 26.4 Å². The minimum absolute atomic E-state index is 0.0143. The number of aromatic nitrogens is 4. The van der Waals surface area contributed by atoms with Crippen molar-refractivity contribution in [3.63, 3.8) is 0 Å². The van der Waals surface area contributed by atoms with E-state index in [1.54, 1.807) is 17.1 Å². The van der Waals surface area contributed by atoms with Crippen molar-refractivity contribution in [2.24, 2.45) is 12.5 Å². The van der Waals surface area contributed by atoms with Crippen LogP contribution in [0.3, 0.4) is 0 Å². The molecule has 1 amide bonds. The lowest BCUT2D eigenvalue weighted by Crippen LogP contribution is -2.51. The fourth-order valence-electron chi connectivity index (χ4n) is 4.15. The van der Waals surface area contributed by atoms with E-state index in [9.17, 15) is 4.79 Å². The molecular weight excluding hydrogens is 316 g/mol. The van der Waals surface area contributed by atoms with E-state index in [1.165, 1.54) is 12.0 Å². The number of hydrogen-bond acceptors (Lipinski definition) is 5. The molecule has 1 N–H and O–H groups in total. The second-order valence-electron chi connectivity index (χ2n) is 7.58. The zero-order valence-corrected chi connectivity index (χ0v) is 14.8. The topological polar surface area (TPSA) is 75.9 Å². The standard InChI is InChI=1S/C18H24N6O/c1-13-19-7-14(8-20-13)10-24-4-3-18(12-24)5-16(6-18)22-17(25)15-9-21-23(2)11-15/h7-9,11,16H,3-6,10,12H2,1-2H3,(H,22,25). The molecule has 2 aliphatic rings. The van der Waals surface area contributed by atoms with E-state index >= 15 is 0 Å². The Hall–Kier alpha value is -2.28. The van der Waals surface area contributed by atoms with E-state index in [0.717, 1.165) is 38.3 Å². The molecule has 0 unspecified atom stereocenters. The first-order valence-electron chi connectivity index (χ1n) is 8.81. The maximum atomic E-state index is 12.2. The molecule has 7 heteroatoms. The summed E-state index contributed by atoms with van der Waals surface area (Å²) in [6, 6.07) is 0.287. The summed E-state index contributed by atoms with van der Waals surface area (Å²) in [5, 5.41) is 7.19. The molecule has 25 heavy (non-hydrogen) atoms. The number of hydrogen-bond donors (Lipinski definition) is 1. The van der Waals surface area contributed by atoms with Crippen LogP contribution in [0.15, 0.2) is 24.8 Å². The minimum atomic E-state index is -0.0143. The molecule has 3 heterocycles. The highest BCUT2D eigenvalue weighted by molar-refractivity contribution is 5.93. The smallest absolute Gasteiger partial charge is 0.254 e. The van der Waals surface area contributed by atoms with Gasteiger partial charge in [-0.2, -0.15) is 5.10 Å². The van der Waals surface area contributed by atoms with Crippen LogP contribution >= 0.6 is 0 Å². The SMILES string of the molecule is Cc1ncc(CN2CCC3(CC(NC(=O)c4cnn(C)c4)C3)C2)cn1. The minimum Gasteiger partial charge on any atom is -0.349 e. The van der Waals surface area contributed by atoms with E-state index in [0.29, 0.717) is 11.0 Å². The van der Waals surface area contributed by atoms with Crippen molar-refractivity contribution in [3.8, 4) is 0 Å². The summed E-state index contributed by atoms with van der Waals surface area (Å²) in [7, 11) is 1.82. The van der Waals surface area contributed by atoms with Crippen molar-refractivity contribution in [1.82, 2.24) is 30.0 Å². The molecule has 0 radical (unpaired) electrons. The Morgan fingerprint density at radius 3 is 2.76 bits per heavy atom. The highest BCUT2D eigenvalue weighted by atomic mass is 16.1. The Balaban J connectivity index is 1.27. The number of rotatable bonds is 4. The van der Waals surface area contributed by atoms with Crippen LogP contribution in [0.5, 0.6) is 0 Å². The van der Waals surface area contributed by atoms with Crippen LogP contribution in [0.2, 0.25) is 0 Å². The molecule has 1 aliphatic heterocycles. The van der Waals surface area contributed by atoms with Gasteiger partial charge in [-0.3, -0.25) is 14.4 Å². The number of carbonyl (C=O) groups excluding carboxylic acids is 1. The summed E-state index contributed by atoms with van der Waals surface area (Å²) in [6.07, 6.45) is 10.6. The summed E-state index contributed by atoms with van der Waals surface area (Å²) < 4.78 is 1.65. The van der Waals surface area contributed by atoms with Crippen LogP contribution in [-0.4, -0.2) is 49.7 Å². The van der Waals surface area contributed by atoms with Crippen LogP contribution in [0.4, 0.5) is 0 Å². The average Bonchev–Trinajstić information content (AvgIpc) is 3.16. The van der Waals surface area contributed by atoms with Gasteiger partial charge in [0.25, 0.3) is 5.91 Å². The molecule has 0 atom stereocenters. The van der Waals surface area contributed by atoms with E-state index in [-0.39, 0.29) is 11.9 Å². The molecule has 1 aliphatic carbocycles. The summed E-state index contributed by atoms with van der Waals surface area (Å²) in [5.74, 6) is 0.799. The van der Waals surface area contributed by atoms with Crippen LogP contribution in [-0.2, 0) is 13.6 Å². The quantitative estimate of drug-likeness (QED) is 0.908. The lowest BCUT2D eigenvalue weighted by atomic mass is 9.65. The molecule has 0 aromatic carbocycles. The first-order chi connectivity index (χ1) is 12.0. The third-order valence-corrected chi connectivity index (χ3v) is 5.42. The van der Waals surface area contributed by atoms with Gasteiger partial charge in [-0.05, 0) is 38.1 Å². The Kier molecular flexibility index (Phi) is 4.03. The van der Waals surface area contributed by atoms with Gasteiger partial charge in [0.1, 0.15) is 5.82 Å². The Labute approximate surface area is 147 Å². The number of nitrogens with one attached hydrogen (secondary N) is 1. The summed E-state index contributed by atoms with van der Waals surface area (Å²) in [5.41, 5.74) is 2.18. The van der Waals surface area contributed by atoms with Gasteiger partial charge in [0.2, 0.25) is 0 Å². The van der Waals surface area contributed by atoms with Crippen LogP contribution in [0, 0.1) is 12.3 Å². The maximum Gasteiger partial charge on any atom is 0.254 e. The summed E-state index contributed by atoms with van der Waals surface area (Å²) in [6.45, 7) is 5.02. The summed E-state index contributed by atoms with van der Waals surface area (Å²) in [4.78, 5) is 23.2. The van der Waals surface area contributed by atoms with Gasteiger partial charge in [-0.15, -0.1) is 0 Å². The van der Waals surface area contributed by atoms with Crippen molar-refractivity contribution in [2.75, 3.05) is 13.1 Å². The van der Waals surface area contributed by atoms with E-state index in [4.69, 9.17) is 0 Å². The predicted molar refractivity (Wildman–Crippen MR) is 92.8 cm³/mol. The van der Waals surface area contributed by atoms with Crippen molar-refractivity contribution in [3.05, 3.63) is 41.7 Å². The lowest BCUT2D eigenvalue weighted by Gasteiger charge is -2.45. The van der Waals surface area contributed by atoms with Crippen molar-refractivity contribution in [1.29, 1.82) is 0 Å². The normalized spacial score (nSPS) is 25.9. The third kappa shape index (κ3) is 3.42. The van der Waals surface area contributed by atoms with Crippen molar-refractivity contribution in [2.45, 2.75) is 38.8 Å². The maximum absolute atomic E-state index is 12.2. The number of aryl methyl sites for hydroxylation is 2. The molecule has 1 saturated carbocycles. The van der Waals surface area contributed by atoms with Crippen molar-refractivity contribution < 1.29 is 4.79 Å². The van der Waals surface area contributed by atoms with Crippen LogP contribution in [0.1, 0.15) is 41.0 Å². The number of nitrogens with zero attached hydrogens (tertiary/aromatic N) is 5. The Morgan fingerprint density at radius 1 is 1.32 bits per heavy atom. The van der Waals surface area contributed by atoms with Gasteiger partial charge in [0.05, 0.1) is 11.8 Å². The van der Waals surface area contributed by atoms with Gasteiger partial charge < -0.3 is 5.32 Å². The highest BCUT2D eigenvalue weighted by Gasteiger charge is 2.48. The van der Waals surface area contributed by atoms with Gasteiger partial charge in [0, 0.05) is 50.3 Å². The number of amides is 1. The lowest BCUT2D eigenvalue weighted by molar-refractivity contribution is 0.0694. The van der Waals surface area contributed by atoms with E-state index < -0.39 is 0 Å². The molecule has 4 rings (SSSR count). The largest absolute Gasteiger partial charge is 0.349 e. The first kappa shape index (κ1) is 16.2. The number of likely N-dealkylation sites (tertiary alicyclic amines) is 1. The first-order valence-corrected chi connectivity index (χ1v) is 8.81. The van der Waals surface area contributed by atoms with Crippen molar-refractivity contribution >= 4 is 5.91 Å². The van der Waals surface area contributed by atoms with Gasteiger partial charge in [-0.25, -0.2) is 9.97 Å². The average molecular weight is 340 g/mol. The zero-order chi connectivity index (χ0) is 17.4. The Morgan fingerprint density at radius 2 is 2.08 bits per heavy atom. The second-order valence-corrected chi connectivity index (χ2v) is 7.58. The molecule has 1 spiro atoms. The van der Waals surface area contributed by atoms with E-state index in [2.05, 4.69) is 25.3 Å². The molecule has 2 aromatic heterocycles. The molecule has 2 fully saturated rings. The monoisotopic (exact) mass is 340 g/mol. The summed E-state index contributed by atoms with van der Waals surface area (Å²) >= 11 is 0. The molecule has 0 bridgehead atoms. The molecular formula is C18H24N6O. The molecule has 7 nitrogen and oxygen atoms in total. The Bertz CT molecular complexity index is 762. The van der Waals surface area contributed by atoms with Gasteiger partial charge >= 0.3 is 0 Å². The zero-order valence-electron chi connectivity index (χ0n) is 14.8. The van der Waals surface area contributed by atoms with Crippen LogP contribution < -0.4 is 5.32 Å². The second kappa shape index (κ2) is 6.22.